The molecule has 1 heterocycles. The molecule has 0 unspecified atom stereocenters. The van der Waals surface area contributed by atoms with Gasteiger partial charge in [0.2, 0.25) is 0 Å². The van der Waals surface area contributed by atoms with Crippen LogP contribution >= 0.6 is 11.3 Å². The molecule has 0 bridgehead atoms. The molecule has 0 atom stereocenters. The highest BCUT2D eigenvalue weighted by atomic mass is 32.1. The maximum Gasteiger partial charge on any atom is 0.196 e. The third kappa shape index (κ3) is 2.52. The Hall–Kier alpha value is -2.27. The van der Waals surface area contributed by atoms with Crippen LogP contribution in [0.2, 0.25) is 0 Å². The first kappa shape index (κ1) is 15.1. The first-order valence-electron chi connectivity index (χ1n) is 6.15. The van der Waals surface area contributed by atoms with Crippen molar-refractivity contribution in [1.82, 2.24) is 0 Å². The van der Waals surface area contributed by atoms with Crippen molar-refractivity contribution in [2.24, 2.45) is 0 Å². The molecule has 110 valence electrons. The Bertz CT molecular complexity index is 774. The fraction of sp³-hybridized carbons (Fsp3) is 0.188. The molecule has 0 fully saturated rings. The van der Waals surface area contributed by atoms with Crippen LogP contribution in [0.15, 0.2) is 30.1 Å². The Morgan fingerprint density at radius 1 is 1.19 bits per heavy atom. The molecule has 21 heavy (non-hydrogen) atoms. The van der Waals surface area contributed by atoms with E-state index in [1.165, 1.54) is 31.6 Å². The van der Waals surface area contributed by atoms with E-state index in [9.17, 15) is 4.79 Å². The molecule has 5 heteroatoms. The standard InChI is InChI=1S/C16H16O4S/c1-6-10-15(17)11-7-12(19-4)13(20-5)8-14(11)21-16(10)9(2)18-3/h6-8H,1-2H2,3-5H3. The van der Waals surface area contributed by atoms with Crippen LogP contribution in [0.1, 0.15) is 10.4 Å². The molecule has 0 amide bonds. The highest BCUT2D eigenvalue weighted by Gasteiger charge is 2.16. The molecule has 0 aliphatic heterocycles. The predicted octanol–water partition coefficient (Wildman–Crippen LogP) is 3.54. The van der Waals surface area contributed by atoms with Crippen LogP contribution in [0.3, 0.4) is 0 Å². The molecule has 0 aliphatic carbocycles. The van der Waals surface area contributed by atoms with Crippen molar-refractivity contribution >= 4 is 33.3 Å². The monoisotopic (exact) mass is 304 g/mol. The van der Waals surface area contributed by atoms with E-state index in [4.69, 9.17) is 14.2 Å². The number of rotatable bonds is 5. The minimum atomic E-state index is -0.132. The summed E-state index contributed by atoms with van der Waals surface area (Å²) in [6.45, 7) is 7.53. The van der Waals surface area contributed by atoms with Crippen LogP contribution in [0.4, 0.5) is 0 Å². The van der Waals surface area contributed by atoms with Gasteiger partial charge >= 0.3 is 0 Å². The van der Waals surface area contributed by atoms with Gasteiger partial charge in [0.25, 0.3) is 0 Å². The zero-order chi connectivity index (χ0) is 15.6. The fourth-order valence-electron chi connectivity index (χ4n) is 2.02. The Morgan fingerprint density at radius 2 is 1.81 bits per heavy atom. The van der Waals surface area contributed by atoms with Gasteiger partial charge in [-0.1, -0.05) is 19.2 Å². The molecule has 2 rings (SSSR count). The second kappa shape index (κ2) is 6.01. The van der Waals surface area contributed by atoms with Crippen LogP contribution in [-0.2, 0) is 4.74 Å². The van der Waals surface area contributed by atoms with Crippen LogP contribution in [-0.4, -0.2) is 21.3 Å². The number of hydrogen-bond donors (Lipinski definition) is 0. The van der Waals surface area contributed by atoms with Crippen LogP contribution in [0, 0.1) is 0 Å². The van der Waals surface area contributed by atoms with E-state index in [1.807, 2.05) is 0 Å². The number of hydrogen-bond acceptors (Lipinski definition) is 5. The van der Waals surface area contributed by atoms with E-state index in [0.29, 0.717) is 33.1 Å². The SMILES string of the molecule is C=Cc1c(C(=C)OC)sc2cc(OC)c(OC)cc2c1=O. The average molecular weight is 304 g/mol. The van der Waals surface area contributed by atoms with Gasteiger partial charge in [0.05, 0.1) is 26.2 Å². The van der Waals surface area contributed by atoms with Crippen molar-refractivity contribution in [3.05, 3.63) is 46.0 Å². The topological polar surface area (TPSA) is 44.8 Å². The summed E-state index contributed by atoms with van der Waals surface area (Å²) in [5.74, 6) is 1.52. The molecule has 0 radical (unpaired) electrons. The summed E-state index contributed by atoms with van der Waals surface area (Å²) < 4.78 is 16.4. The summed E-state index contributed by atoms with van der Waals surface area (Å²) in [4.78, 5) is 13.3. The summed E-state index contributed by atoms with van der Waals surface area (Å²) in [5, 5.41) is 0.556. The van der Waals surface area contributed by atoms with Crippen LogP contribution in [0.25, 0.3) is 21.9 Å². The predicted molar refractivity (Wildman–Crippen MR) is 87.3 cm³/mol. The van der Waals surface area contributed by atoms with Crippen LogP contribution < -0.4 is 14.9 Å². The highest BCUT2D eigenvalue weighted by Crippen LogP contribution is 2.35. The molecule has 0 aliphatic rings. The van der Waals surface area contributed by atoms with Crippen molar-refractivity contribution in [3.8, 4) is 11.5 Å². The molecule has 2 aromatic rings. The normalized spacial score (nSPS) is 10.2. The summed E-state index contributed by atoms with van der Waals surface area (Å²) >= 11 is 1.40. The molecule has 0 saturated carbocycles. The highest BCUT2D eigenvalue weighted by molar-refractivity contribution is 7.19. The number of methoxy groups -OCH3 is 3. The second-order valence-electron chi connectivity index (χ2n) is 4.21. The fourth-order valence-corrected chi connectivity index (χ4v) is 3.15. The van der Waals surface area contributed by atoms with Crippen molar-refractivity contribution in [1.29, 1.82) is 0 Å². The van der Waals surface area contributed by atoms with Crippen molar-refractivity contribution in [2.45, 2.75) is 0 Å². The Labute approximate surface area is 126 Å². The van der Waals surface area contributed by atoms with E-state index < -0.39 is 0 Å². The lowest BCUT2D eigenvalue weighted by Gasteiger charge is -2.12. The lowest BCUT2D eigenvalue weighted by molar-refractivity contribution is 0.356. The molecular formula is C16H16O4S. The van der Waals surface area contributed by atoms with Crippen LogP contribution in [0.5, 0.6) is 11.5 Å². The molecule has 0 saturated heterocycles. The lowest BCUT2D eigenvalue weighted by Crippen LogP contribution is -2.08. The van der Waals surface area contributed by atoms with Gasteiger partial charge in [-0.15, -0.1) is 11.3 Å². The van der Waals surface area contributed by atoms with Gasteiger partial charge in [-0.3, -0.25) is 4.79 Å². The number of fused-ring (bicyclic) bond motifs is 1. The van der Waals surface area contributed by atoms with Gasteiger partial charge in [0.1, 0.15) is 5.76 Å². The van der Waals surface area contributed by atoms with E-state index in [-0.39, 0.29) is 5.43 Å². The smallest absolute Gasteiger partial charge is 0.196 e. The van der Waals surface area contributed by atoms with Crippen molar-refractivity contribution in [3.63, 3.8) is 0 Å². The quantitative estimate of drug-likeness (QED) is 0.793. The van der Waals surface area contributed by atoms with E-state index in [2.05, 4.69) is 13.2 Å². The first-order chi connectivity index (χ1) is 10.1. The minimum absolute atomic E-state index is 0.132. The molecule has 0 spiro atoms. The summed E-state index contributed by atoms with van der Waals surface area (Å²) in [6, 6.07) is 3.46. The average Bonchev–Trinajstić information content (AvgIpc) is 2.52. The summed E-state index contributed by atoms with van der Waals surface area (Å²) in [7, 11) is 4.61. The molecular weight excluding hydrogens is 288 g/mol. The van der Waals surface area contributed by atoms with Gasteiger partial charge in [-0.05, 0) is 6.07 Å². The maximum atomic E-state index is 12.6. The summed E-state index contributed by atoms with van der Waals surface area (Å²) in [5.41, 5.74) is 0.347. The third-order valence-electron chi connectivity index (χ3n) is 3.14. The zero-order valence-electron chi connectivity index (χ0n) is 12.2. The number of ether oxygens (including phenoxy) is 3. The largest absolute Gasteiger partial charge is 0.496 e. The lowest BCUT2D eigenvalue weighted by atomic mass is 10.1. The van der Waals surface area contributed by atoms with Gasteiger partial charge in [-0.25, -0.2) is 0 Å². The first-order valence-corrected chi connectivity index (χ1v) is 6.97. The van der Waals surface area contributed by atoms with Gasteiger partial charge in [0, 0.05) is 21.7 Å². The molecule has 1 aromatic carbocycles. The Kier molecular flexibility index (Phi) is 4.33. The Balaban J connectivity index is 2.89. The minimum Gasteiger partial charge on any atom is -0.496 e. The van der Waals surface area contributed by atoms with Gasteiger partial charge < -0.3 is 14.2 Å². The van der Waals surface area contributed by atoms with Crippen molar-refractivity contribution in [2.75, 3.05) is 21.3 Å². The van der Waals surface area contributed by atoms with E-state index >= 15 is 0 Å². The zero-order valence-corrected chi connectivity index (χ0v) is 13.0. The maximum absolute atomic E-state index is 12.6. The van der Waals surface area contributed by atoms with Crippen molar-refractivity contribution < 1.29 is 14.2 Å². The van der Waals surface area contributed by atoms with Gasteiger partial charge in [-0.2, -0.15) is 0 Å². The van der Waals surface area contributed by atoms with Gasteiger partial charge in [0.15, 0.2) is 16.9 Å². The second-order valence-corrected chi connectivity index (χ2v) is 5.26. The number of benzene rings is 1. The molecule has 4 nitrogen and oxygen atoms in total. The molecule has 1 aromatic heterocycles. The molecule has 0 N–H and O–H groups in total. The Morgan fingerprint density at radius 3 is 2.33 bits per heavy atom. The summed E-state index contributed by atoms with van der Waals surface area (Å²) in [6.07, 6.45) is 1.52. The third-order valence-corrected chi connectivity index (χ3v) is 4.34. The van der Waals surface area contributed by atoms with E-state index in [1.54, 1.807) is 19.2 Å². The van der Waals surface area contributed by atoms with E-state index in [0.717, 1.165) is 4.70 Å².